The number of rotatable bonds is 6. The average Bonchev–Trinajstić information content (AvgIpc) is 2.50. The molecule has 3 heteroatoms. The molecule has 1 heterocycles. The van der Waals surface area contributed by atoms with Crippen molar-refractivity contribution in [3.8, 4) is 5.75 Å². The van der Waals surface area contributed by atoms with Crippen molar-refractivity contribution in [1.82, 2.24) is 10.3 Å². The van der Waals surface area contributed by atoms with Crippen LogP contribution >= 0.6 is 0 Å². The van der Waals surface area contributed by atoms with Gasteiger partial charge in [0.25, 0.3) is 0 Å². The van der Waals surface area contributed by atoms with Crippen molar-refractivity contribution in [2.24, 2.45) is 0 Å². The zero-order valence-corrected chi connectivity index (χ0v) is 13.3. The van der Waals surface area contributed by atoms with Gasteiger partial charge in [-0.2, -0.15) is 0 Å². The summed E-state index contributed by atoms with van der Waals surface area (Å²) in [6, 6.07) is 10.6. The maximum absolute atomic E-state index is 5.57. The molecule has 0 radical (unpaired) electrons. The second kappa shape index (κ2) is 7.23. The van der Waals surface area contributed by atoms with E-state index in [2.05, 4.69) is 54.5 Å². The van der Waals surface area contributed by atoms with Crippen LogP contribution < -0.4 is 10.1 Å². The third-order valence-electron chi connectivity index (χ3n) is 3.57. The van der Waals surface area contributed by atoms with Crippen LogP contribution in [0.15, 0.2) is 36.5 Å². The van der Waals surface area contributed by atoms with Gasteiger partial charge in [-0.3, -0.25) is 4.98 Å². The minimum absolute atomic E-state index is 0.105. The van der Waals surface area contributed by atoms with Crippen LogP contribution in [0.25, 0.3) is 0 Å². The largest absolute Gasteiger partial charge is 0.496 e. The van der Waals surface area contributed by atoms with Gasteiger partial charge < -0.3 is 10.1 Å². The molecule has 0 saturated carbocycles. The van der Waals surface area contributed by atoms with Crippen LogP contribution in [0.5, 0.6) is 5.75 Å². The quantitative estimate of drug-likeness (QED) is 0.876. The molecule has 0 fully saturated rings. The zero-order chi connectivity index (χ0) is 15.2. The van der Waals surface area contributed by atoms with E-state index in [1.807, 2.05) is 13.1 Å². The molecule has 112 valence electrons. The molecule has 0 spiro atoms. The molecule has 0 amide bonds. The third kappa shape index (κ3) is 3.82. The molecular weight excluding hydrogens is 260 g/mol. The van der Waals surface area contributed by atoms with Crippen LogP contribution in [-0.2, 0) is 0 Å². The van der Waals surface area contributed by atoms with E-state index < -0.39 is 0 Å². The fourth-order valence-corrected chi connectivity index (χ4v) is 2.40. The fraction of sp³-hybridized carbons (Fsp3) is 0.389. The van der Waals surface area contributed by atoms with E-state index in [-0.39, 0.29) is 6.04 Å². The minimum Gasteiger partial charge on any atom is -0.496 e. The van der Waals surface area contributed by atoms with E-state index in [1.54, 1.807) is 7.11 Å². The smallest absolute Gasteiger partial charge is 0.124 e. The Bertz CT molecular complexity index is 578. The summed E-state index contributed by atoms with van der Waals surface area (Å²) in [4.78, 5) is 4.43. The molecule has 0 aliphatic heterocycles. The number of aromatic nitrogens is 1. The van der Waals surface area contributed by atoms with E-state index in [1.165, 1.54) is 5.56 Å². The van der Waals surface area contributed by atoms with Gasteiger partial charge in [0.2, 0.25) is 0 Å². The summed E-state index contributed by atoms with van der Waals surface area (Å²) in [7, 11) is 1.72. The van der Waals surface area contributed by atoms with Gasteiger partial charge in [0.05, 0.1) is 13.2 Å². The molecule has 0 saturated heterocycles. The molecule has 2 aromatic rings. The lowest BCUT2D eigenvalue weighted by atomic mass is 9.97. The highest BCUT2D eigenvalue weighted by atomic mass is 16.5. The maximum atomic E-state index is 5.57. The minimum atomic E-state index is 0.105. The molecule has 2 rings (SSSR count). The number of benzene rings is 1. The number of hydrogen-bond acceptors (Lipinski definition) is 3. The molecule has 21 heavy (non-hydrogen) atoms. The summed E-state index contributed by atoms with van der Waals surface area (Å²) < 4.78 is 5.57. The number of hydrogen-bond donors (Lipinski definition) is 1. The second-order valence-electron chi connectivity index (χ2n) is 5.37. The first-order chi connectivity index (χ1) is 10.2. The van der Waals surface area contributed by atoms with Crippen molar-refractivity contribution in [2.45, 2.75) is 33.2 Å². The first-order valence-electron chi connectivity index (χ1n) is 7.46. The molecule has 0 aliphatic rings. The molecule has 0 aliphatic carbocycles. The summed E-state index contributed by atoms with van der Waals surface area (Å²) in [5.41, 5.74) is 4.55. The van der Waals surface area contributed by atoms with Gasteiger partial charge in [0.15, 0.2) is 0 Å². The lowest BCUT2D eigenvalue weighted by Gasteiger charge is -2.22. The summed E-state index contributed by atoms with van der Waals surface area (Å²) in [5.74, 6) is 0.921. The summed E-state index contributed by atoms with van der Waals surface area (Å²) in [6.07, 6.45) is 3.03. The van der Waals surface area contributed by atoms with E-state index in [0.717, 1.165) is 35.5 Å². The van der Waals surface area contributed by atoms with E-state index in [0.29, 0.717) is 0 Å². The zero-order valence-electron chi connectivity index (χ0n) is 13.3. The Balaban J connectivity index is 2.42. The molecule has 3 nitrogen and oxygen atoms in total. The van der Waals surface area contributed by atoms with Crippen LogP contribution in [0.3, 0.4) is 0 Å². The van der Waals surface area contributed by atoms with Gasteiger partial charge in [0, 0.05) is 17.5 Å². The highest BCUT2D eigenvalue weighted by Gasteiger charge is 2.18. The number of pyridine rings is 1. The Kier molecular flexibility index (Phi) is 5.34. The lowest BCUT2D eigenvalue weighted by Crippen LogP contribution is -2.24. The first-order valence-corrected chi connectivity index (χ1v) is 7.46. The lowest BCUT2D eigenvalue weighted by molar-refractivity contribution is 0.403. The number of ether oxygens (including phenoxy) is 1. The second-order valence-corrected chi connectivity index (χ2v) is 5.37. The summed E-state index contributed by atoms with van der Waals surface area (Å²) in [5, 5.41) is 3.60. The van der Waals surface area contributed by atoms with E-state index in [4.69, 9.17) is 4.74 Å². The Hall–Kier alpha value is -1.87. The normalized spacial score (nSPS) is 12.2. The van der Waals surface area contributed by atoms with Gasteiger partial charge in [0.1, 0.15) is 5.75 Å². The van der Waals surface area contributed by atoms with Crippen molar-refractivity contribution in [2.75, 3.05) is 13.7 Å². The average molecular weight is 284 g/mol. The van der Waals surface area contributed by atoms with Gasteiger partial charge >= 0.3 is 0 Å². The Labute approximate surface area is 127 Å². The summed E-state index contributed by atoms with van der Waals surface area (Å²) in [6.45, 7) is 7.21. The van der Waals surface area contributed by atoms with Gasteiger partial charge in [-0.05, 0) is 50.1 Å². The molecule has 1 N–H and O–H groups in total. The van der Waals surface area contributed by atoms with Gasteiger partial charge in [-0.25, -0.2) is 0 Å². The van der Waals surface area contributed by atoms with Crippen molar-refractivity contribution in [1.29, 1.82) is 0 Å². The molecule has 1 unspecified atom stereocenters. The maximum Gasteiger partial charge on any atom is 0.124 e. The molecular formula is C18H24N2O. The van der Waals surface area contributed by atoms with E-state index in [9.17, 15) is 0 Å². The van der Waals surface area contributed by atoms with Crippen molar-refractivity contribution >= 4 is 0 Å². The molecule has 0 bridgehead atoms. The number of aryl methyl sites for hydroxylation is 2. The van der Waals surface area contributed by atoms with Crippen molar-refractivity contribution in [3.05, 3.63) is 58.9 Å². The predicted octanol–water partition coefficient (Wildman–Crippen LogP) is 3.80. The molecule has 1 aromatic carbocycles. The Morgan fingerprint density at radius 2 is 2.00 bits per heavy atom. The van der Waals surface area contributed by atoms with Crippen LogP contribution in [0.4, 0.5) is 0 Å². The highest BCUT2D eigenvalue weighted by Crippen LogP contribution is 2.30. The third-order valence-corrected chi connectivity index (χ3v) is 3.57. The Morgan fingerprint density at radius 1 is 1.19 bits per heavy atom. The number of methoxy groups -OCH3 is 1. The standard InChI is InChI=1S/C18H24N2O/c1-5-10-19-18(15-8-7-14(3)20-12-15)16-9-6-13(2)11-17(16)21-4/h6-9,11-12,18-19H,5,10H2,1-4H3. The van der Waals surface area contributed by atoms with Crippen molar-refractivity contribution < 1.29 is 4.74 Å². The number of nitrogens with one attached hydrogen (secondary N) is 1. The van der Waals surface area contributed by atoms with E-state index >= 15 is 0 Å². The monoisotopic (exact) mass is 284 g/mol. The topological polar surface area (TPSA) is 34.2 Å². The van der Waals surface area contributed by atoms with Crippen molar-refractivity contribution in [3.63, 3.8) is 0 Å². The molecule has 1 aromatic heterocycles. The van der Waals surface area contributed by atoms with Gasteiger partial charge in [-0.1, -0.05) is 25.1 Å². The molecule has 1 atom stereocenters. The fourth-order valence-electron chi connectivity index (χ4n) is 2.40. The van der Waals surface area contributed by atoms with Crippen LogP contribution in [-0.4, -0.2) is 18.6 Å². The number of nitrogens with zero attached hydrogens (tertiary/aromatic N) is 1. The summed E-state index contributed by atoms with van der Waals surface area (Å²) >= 11 is 0. The predicted molar refractivity (Wildman–Crippen MR) is 86.8 cm³/mol. The highest BCUT2D eigenvalue weighted by molar-refractivity contribution is 5.43. The van der Waals surface area contributed by atoms with Crippen LogP contribution in [0.1, 0.15) is 41.8 Å². The Morgan fingerprint density at radius 3 is 2.62 bits per heavy atom. The van der Waals surface area contributed by atoms with Crippen LogP contribution in [0, 0.1) is 13.8 Å². The first kappa shape index (κ1) is 15.5. The van der Waals surface area contributed by atoms with Gasteiger partial charge in [-0.15, -0.1) is 0 Å². The SMILES string of the molecule is CCCNC(c1ccc(C)nc1)c1ccc(C)cc1OC. The van der Waals surface area contributed by atoms with Crippen LogP contribution in [0.2, 0.25) is 0 Å².